The molecule has 2 bridgehead atoms. The van der Waals surface area contributed by atoms with Crippen LogP contribution < -0.4 is 5.32 Å². The maximum atomic E-state index is 11.5. The van der Waals surface area contributed by atoms with Crippen molar-refractivity contribution < 1.29 is 9.90 Å². The van der Waals surface area contributed by atoms with Crippen LogP contribution in [0, 0.1) is 17.8 Å². The molecule has 20 heavy (non-hydrogen) atoms. The van der Waals surface area contributed by atoms with Crippen molar-refractivity contribution in [3.05, 3.63) is 5.82 Å². The van der Waals surface area contributed by atoms with Crippen LogP contribution in [0.2, 0.25) is 0 Å². The molecule has 3 aliphatic carbocycles. The van der Waals surface area contributed by atoms with Crippen molar-refractivity contribution in [2.24, 2.45) is 17.8 Å². The molecule has 1 aromatic heterocycles. The number of hydrogen-bond donors (Lipinski definition) is 2. The average Bonchev–Trinajstić information content (AvgIpc) is 2.89. The van der Waals surface area contributed by atoms with Crippen molar-refractivity contribution in [1.82, 2.24) is 25.5 Å². The molecule has 7 heteroatoms. The summed E-state index contributed by atoms with van der Waals surface area (Å²) in [7, 11) is 0. The van der Waals surface area contributed by atoms with E-state index in [-0.39, 0.29) is 12.0 Å². The summed E-state index contributed by atoms with van der Waals surface area (Å²) in [6.45, 7) is 0.571. The second-order valence-electron chi connectivity index (χ2n) is 6.37. The molecule has 3 saturated carbocycles. The third kappa shape index (κ3) is 1.91. The molecule has 0 radical (unpaired) electrons. The van der Waals surface area contributed by atoms with Crippen LogP contribution in [-0.4, -0.2) is 37.3 Å². The number of carbonyl (C=O) groups is 1. The Balaban J connectivity index is 1.45. The van der Waals surface area contributed by atoms with Gasteiger partial charge in [0, 0.05) is 6.04 Å². The minimum atomic E-state index is -0.656. The minimum Gasteiger partial charge on any atom is -0.481 e. The fourth-order valence-corrected chi connectivity index (χ4v) is 4.08. The topological polar surface area (TPSA) is 92.9 Å². The summed E-state index contributed by atoms with van der Waals surface area (Å²) < 4.78 is 1.88. The van der Waals surface area contributed by atoms with Crippen LogP contribution in [0.25, 0.3) is 0 Å². The predicted molar refractivity (Wildman–Crippen MR) is 68.7 cm³/mol. The number of fused-ring (bicyclic) bond motifs is 2. The first-order chi connectivity index (χ1) is 9.74. The van der Waals surface area contributed by atoms with Gasteiger partial charge in [-0.3, -0.25) is 4.79 Å². The Hall–Kier alpha value is -1.50. The maximum Gasteiger partial charge on any atom is 0.308 e. The highest BCUT2D eigenvalue weighted by Gasteiger charge is 2.50. The normalized spacial score (nSPS) is 35.6. The Morgan fingerprint density at radius 1 is 1.30 bits per heavy atom. The molecule has 0 aliphatic heterocycles. The molecule has 3 fully saturated rings. The van der Waals surface area contributed by atoms with E-state index in [9.17, 15) is 9.90 Å². The first kappa shape index (κ1) is 12.3. The SMILES string of the molecule is O=C(O)C1C2CCC(C2)C1NCc1nnnn1C1CC1. The van der Waals surface area contributed by atoms with Gasteiger partial charge in [0.05, 0.1) is 18.5 Å². The van der Waals surface area contributed by atoms with E-state index in [1.807, 2.05) is 4.68 Å². The first-order valence-corrected chi connectivity index (χ1v) is 7.47. The third-order valence-corrected chi connectivity index (χ3v) is 5.15. The number of tetrazole rings is 1. The molecule has 0 aromatic carbocycles. The van der Waals surface area contributed by atoms with Gasteiger partial charge in [-0.25, -0.2) is 4.68 Å². The number of nitrogens with zero attached hydrogens (tertiary/aromatic N) is 4. The lowest BCUT2D eigenvalue weighted by Crippen LogP contribution is -2.44. The standard InChI is InChI=1S/C13H19N5O2/c19-13(20)11-7-1-2-8(5-7)12(11)14-6-10-15-16-17-18(10)9-3-4-9/h7-9,11-12,14H,1-6H2,(H,19,20). The molecule has 0 spiro atoms. The Kier molecular flexibility index (Phi) is 2.76. The predicted octanol–water partition coefficient (Wildman–Crippen LogP) is 0.597. The number of carboxylic acid groups (broad SMARTS) is 1. The summed E-state index contributed by atoms with van der Waals surface area (Å²) in [5, 5.41) is 24.7. The van der Waals surface area contributed by atoms with Gasteiger partial charge in [0.2, 0.25) is 0 Å². The summed E-state index contributed by atoms with van der Waals surface area (Å²) in [6.07, 6.45) is 5.56. The fourth-order valence-electron chi connectivity index (χ4n) is 4.08. The van der Waals surface area contributed by atoms with Crippen LogP contribution in [0.15, 0.2) is 0 Å². The number of aromatic nitrogens is 4. The molecular weight excluding hydrogens is 258 g/mol. The van der Waals surface area contributed by atoms with Crippen LogP contribution in [-0.2, 0) is 11.3 Å². The van der Waals surface area contributed by atoms with Crippen molar-refractivity contribution in [2.45, 2.75) is 50.7 Å². The van der Waals surface area contributed by atoms with E-state index in [1.54, 1.807) is 0 Å². The van der Waals surface area contributed by atoms with Gasteiger partial charge in [-0.2, -0.15) is 0 Å². The number of hydrogen-bond acceptors (Lipinski definition) is 5. The molecule has 1 heterocycles. The monoisotopic (exact) mass is 277 g/mol. The molecule has 4 rings (SSSR count). The van der Waals surface area contributed by atoms with Gasteiger partial charge in [0.25, 0.3) is 0 Å². The Morgan fingerprint density at radius 2 is 2.10 bits per heavy atom. The van der Waals surface area contributed by atoms with Crippen molar-refractivity contribution in [2.75, 3.05) is 0 Å². The van der Waals surface area contributed by atoms with Crippen LogP contribution in [0.3, 0.4) is 0 Å². The smallest absolute Gasteiger partial charge is 0.308 e. The van der Waals surface area contributed by atoms with E-state index in [2.05, 4.69) is 20.8 Å². The summed E-state index contributed by atoms with van der Waals surface area (Å²) in [5.74, 6) is 0.802. The van der Waals surface area contributed by atoms with Crippen LogP contribution in [0.5, 0.6) is 0 Å². The Bertz CT molecular complexity index is 527. The second kappa shape index (κ2) is 4.51. The fraction of sp³-hybridized carbons (Fsp3) is 0.846. The second-order valence-corrected chi connectivity index (χ2v) is 6.37. The Morgan fingerprint density at radius 3 is 2.85 bits per heavy atom. The van der Waals surface area contributed by atoms with E-state index in [0.717, 1.165) is 37.9 Å². The summed E-state index contributed by atoms with van der Waals surface area (Å²) >= 11 is 0. The number of rotatable bonds is 5. The summed E-state index contributed by atoms with van der Waals surface area (Å²) in [6, 6.07) is 0.535. The van der Waals surface area contributed by atoms with E-state index in [0.29, 0.717) is 24.4 Å². The molecule has 0 saturated heterocycles. The van der Waals surface area contributed by atoms with Crippen LogP contribution >= 0.6 is 0 Å². The van der Waals surface area contributed by atoms with Gasteiger partial charge in [-0.1, -0.05) is 0 Å². The van der Waals surface area contributed by atoms with E-state index < -0.39 is 5.97 Å². The number of carboxylic acids is 1. The average molecular weight is 277 g/mol. The molecule has 108 valence electrons. The molecule has 3 aliphatic rings. The number of aliphatic carboxylic acids is 1. The molecular formula is C13H19N5O2. The molecule has 0 amide bonds. The van der Waals surface area contributed by atoms with Crippen molar-refractivity contribution in [3.63, 3.8) is 0 Å². The van der Waals surface area contributed by atoms with E-state index in [4.69, 9.17) is 0 Å². The molecule has 2 N–H and O–H groups in total. The highest BCUT2D eigenvalue weighted by Crippen LogP contribution is 2.48. The zero-order valence-electron chi connectivity index (χ0n) is 11.3. The van der Waals surface area contributed by atoms with Gasteiger partial charge in [0.1, 0.15) is 0 Å². The molecule has 1 aromatic rings. The van der Waals surface area contributed by atoms with Gasteiger partial charge >= 0.3 is 5.97 Å². The van der Waals surface area contributed by atoms with Gasteiger partial charge in [-0.05, 0) is 54.4 Å². The minimum absolute atomic E-state index is 0.0793. The maximum absolute atomic E-state index is 11.5. The quantitative estimate of drug-likeness (QED) is 0.818. The van der Waals surface area contributed by atoms with E-state index in [1.165, 1.54) is 0 Å². The molecule has 7 nitrogen and oxygen atoms in total. The van der Waals surface area contributed by atoms with Crippen molar-refractivity contribution in [1.29, 1.82) is 0 Å². The lowest BCUT2D eigenvalue weighted by molar-refractivity contribution is -0.144. The molecule has 4 unspecified atom stereocenters. The zero-order chi connectivity index (χ0) is 13.7. The van der Waals surface area contributed by atoms with Gasteiger partial charge in [0.15, 0.2) is 5.82 Å². The Labute approximate surface area is 116 Å². The van der Waals surface area contributed by atoms with Crippen LogP contribution in [0.1, 0.15) is 44.0 Å². The highest BCUT2D eigenvalue weighted by atomic mass is 16.4. The van der Waals surface area contributed by atoms with E-state index >= 15 is 0 Å². The first-order valence-electron chi connectivity index (χ1n) is 7.47. The summed E-state index contributed by atoms with van der Waals surface area (Å²) in [4.78, 5) is 11.5. The highest BCUT2D eigenvalue weighted by molar-refractivity contribution is 5.72. The lowest BCUT2D eigenvalue weighted by Gasteiger charge is -2.28. The van der Waals surface area contributed by atoms with Crippen molar-refractivity contribution in [3.8, 4) is 0 Å². The lowest BCUT2D eigenvalue weighted by atomic mass is 9.84. The number of nitrogens with one attached hydrogen (secondary N) is 1. The van der Waals surface area contributed by atoms with Crippen LogP contribution in [0.4, 0.5) is 0 Å². The largest absolute Gasteiger partial charge is 0.481 e. The summed E-state index contributed by atoms with van der Waals surface area (Å²) in [5.41, 5.74) is 0. The zero-order valence-corrected chi connectivity index (χ0v) is 11.3. The molecule has 4 atom stereocenters. The third-order valence-electron chi connectivity index (χ3n) is 5.15. The van der Waals surface area contributed by atoms with Gasteiger partial charge in [-0.15, -0.1) is 5.10 Å². The van der Waals surface area contributed by atoms with Gasteiger partial charge < -0.3 is 10.4 Å². The van der Waals surface area contributed by atoms with Crippen molar-refractivity contribution >= 4 is 5.97 Å².